The van der Waals surface area contributed by atoms with Gasteiger partial charge in [0.05, 0.1) is 20.8 Å². The molecule has 1 aliphatic heterocycles. The van der Waals surface area contributed by atoms with Crippen LogP contribution in [0.25, 0.3) is 0 Å². The van der Waals surface area contributed by atoms with Gasteiger partial charge in [0, 0.05) is 35.7 Å². The Labute approximate surface area is 180 Å². The maximum absolute atomic E-state index is 12.7. The summed E-state index contributed by atoms with van der Waals surface area (Å²) in [5, 5.41) is 14.9. The number of carbonyl (C=O) groups is 2. The Kier molecular flexibility index (Phi) is 6.84. The Morgan fingerprint density at radius 2 is 1.93 bits per heavy atom. The van der Waals surface area contributed by atoms with E-state index in [1.54, 1.807) is 31.4 Å². The summed E-state index contributed by atoms with van der Waals surface area (Å²) in [5.41, 5.74) is 3.18. The molecule has 2 aromatic rings. The summed E-state index contributed by atoms with van der Waals surface area (Å²) in [5.74, 6) is -0.321. The smallest absolute Gasteiger partial charge is 0.238 e. The van der Waals surface area contributed by atoms with Crippen LogP contribution in [0.2, 0.25) is 5.02 Å². The summed E-state index contributed by atoms with van der Waals surface area (Å²) >= 11 is 6.12. The number of fused-ring (bicyclic) bond motifs is 1. The number of amides is 1. The molecule has 0 saturated heterocycles. The number of halogens is 1. The van der Waals surface area contributed by atoms with Crippen LogP contribution >= 0.6 is 11.6 Å². The second kappa shape index (κ2) is 9.36. The summed E-state index contributed by atoms with van der Waals surface area (Å²) < 4.78 is 10.7. The first kappa shape index (κ1) is 21.9. The minimum Gasteiger partial charge on any atom is -0.550 e. The van der Waals surface area contributed by atoms with Crippen molar-refractivity contribution in [3.8, 4) is 11.5 Å². The molecule has 0 radical (unpaired) electrons. The first-order chi connectivity index (χ1) is 14.3. The number of methoxy groups -OCH3 is 2. The van der Waals surface area contributed by atoms with Crippen molar-refractivity contribution in [1.82, 2.24) is 4.90 Å². The number of carbonyl (C=O) groups excluding carboxylic acids is 2. The molecule has 0 aliphatic carbocycles. The van der Waals surface area contributed by atoms with Gasteiger partial charge in [-0.3, -0.25) is 9.69 Å². The lowest BCUT2D eigenvalue weighted by molar-refractivity contribution is -0.307. The summed E-state index contributed by atoms with van der Waals surface area (Å²) in [6.45, 7) is 2.40. The molecule has 30 heavy (non-hydrogen) atoms. The van der Waals surface area contributed by atoms with Crippen molar-refractivity contribution in [2.45, 2.75) is 25.8 Å². The lowest BCUT2D eigenvalue weighted by Crippen LogP contribution is -2.43. The van der Waals surface area contributed by atoms with Crippen molar-refractivity contribution in [2.24, 2.45) is 0 Å². The molecule has 1 unspecified atom stereocenters. The molecule has 0 bridgehead atoms. The Balaban J connectivity index is 1.85. The number of hydrogen-bond donors (Lipinski definition) is 1. The Morgan fingerprint density at radius 3 is 2.60 bits per heavy atom. The number of ether oxygens (including phenoxy) is 2. The van der Waals surface area contributed by atoms with Gasteiger partial charge in [0.2, 0.25) is 5.91 Å². The molecule has 0 spiro atoms. The predicted octanol–water partition coefficient (Wildman–Crippen LogP) is 2.34. The van der Waals surface area contributed by atoms with Crippen LogP contribution in [0.3, 0.4) is 0 Å². The van der Waals surface area contributed by atoms with E-state index in [4.69, 9.17) is 21.1 Å². The number of nitrogens with zero attached hydrogens (tertiary/aromatic N) is 1. The minimum atomic E-state index is -1.18. The van der Waals surface area contributed by atoms with Crippen molar-refractivity contribution in [3.63, 3.8) is 0 Å². The predicted molar refractivity (Wildman–Crippen MR) is 112 cm³/mol. The lowest BCUT2D eigenvalue weighted by atomic mass is 9.90. The van der Waals surface area contributed by atoms with Gasteiger partial charge in [-0.05, 0) is 54.3 Å². The van der Waals surface area contributed by atoms with Crippen LogP contribution in [-0.4, -0.2) is 44.1 Å². The SMILES string of the molecule is COc1cc2c(cc1OC)C(CC(=O)[O-])N(CC(=O)Nc1cccc(Cl)c1C)CC2. The molecule has 160 valence electrons. The highest BCUT2D eigenvalue weighted by molar-refractivity contribution is 6.31. The fraction of sp³-hybridized carbons (Fsp3) is 0.364. The molecule has 0 fully saturated rings. The third-order valence-electron chi connectivity index (χ3n) is 5.36. The van der Waals surface area contributed by atoms with Gasteiger partial charge in [-0.2, -0.15) is 0 Å². The number of rotatable bonds is 7. The van der Waals surface area contributed by atoms with Crippen LogP contribution in [0.5, 0.6) is 11.5 Å². The highest BCUT2D eigenvalue weighted by Crippen LogP contribution is 2.39. The molecule has 1 N–H and O–H groups in total. The molecule has 7 nitrogen and oxygen atoms in total. The Hall–Kier alpha value is -2.77. The number of aliphatic carboxylic acids is 1. The van der Waals surface area contributed by atoms with E-state index >= 15 is 0 Å². The molecular formula is C22H24ClN2O5-. The van der Waals surface area contributed by atoms with E-state index < -0.39 is 12.0 Å². The average Bonchev–Trinajstić information content (AvgIpc) is 2.71. The highest BCUT2D eigenvalue weighted by atomic mass is 35.5. The first-order valence-corrected chi connectivity index (χ1v) is 9.95. The summed E-state index contributed by atoms with van der Waals surface area (Å²) in [6.07, 6.45) is 0.425. The van der Waals surface area contributed by atoms with Crippen molar-refractivity contribution < 1.29 is 24.2 Å². The zero-order chi connectivity index (χ0) is 21.8. The Bertz CT molecular complexity index is 963. The van der Waals surface area contributed by atoms with Crippen molar-refractivity contribution in [1.29, 1.82) is 0 Å². The van der Waals surface area contributed by atoms with E-state index in [2.05, 4.69) is 5.32 Å². The van der Waals surface area contributed by atoms with Crippen molar-refractivity contribution in [2.75, 3.05) is 32.6 Å². The fourth-order valence-corrected chi connectivity index (χ4v) is 3.96. The molecular weight excluding hydrogens is 408 g/mol. The quantitative estimate of drug-likeness (QED) is 0.723. The summed E-state index contributed by atoms with van der Waals surface area (Å²) in [7, 11) is 3.08. The van der Waals surface area contributed by atoms with Gasteiger partial charge < -0.3 is 24.7 Å². The van der Waals surface area contributed by atoms with E-state index in [-0.39, 0.29) is 18.9 Å². The van der Waals surface area contributed by atoms with Gasteiger partial charge in [-0.25, -0.2) is 0 Å². The molecule has 0 saturated carbocycles. The molecule has 1 heterocycles. The Morgan fingerprint density at radius 1 is 1.23 bits per heavy atom. The van der Waals surface area contributed by atoms with Crippen LogP contribution < -0.4 is 19.9 Å². The molecule has 0 aromatic heterocycles. The highest BCUT2D eigenvalue weighted by Gasteiger charge is 2.30. The summed E-state index contributed by atoms with van der Waals surface area (Å²) in [4.78, 5) is 26.0. The van der Waals surface area contributed by atoms with Crippen molar-refractivity contribution in [3.05, 3.63) is 52.0 Å². The van der Waals surface area contributed by atoms with Gasteiger partial charge in [0.1, 0.15) is 0 Å². The van der Waals surface area contributed by atoms with E-state index in [1.807, 2.05) is 17.9 Å². The van der Waals surface area contributed by atoms with Gasteiger partial charge in [-0.15, -0.1) is 0 Å². The topological polar surface area (TPSA) is 90.9 Å². The molecule has 3 rings (SSSR count). The average molecular weight is 432 g/mol. The second-order valence-corrected chi connectivity index (χ2v) is 7.59. The maximum atomic E-state index is 12.7. The van der Waals surface area contributed by atoms with Crippen LogP contribution in [0.15, 0.2) is 30.3 Å². The standard InChI is InChI=1S/C22H25ClN2O5/c1-13-16(23)5-4-6-17(13)24-21(26)12-25-8-7-14-9-19(29-2)20(30-3)10-15(14)18(25)11-22(27)28/h4-6,9-10,18H,7-8,11-12H2,1-3H3,(H,24,26)(H,27,28)/p-1. The van der Waals surface area contributed by atoms with Gasteiger partial charge in [-0.1, -0.05) is 17.7 Å². The minimum absolute atomic E-state index is 0.0394. The normalized spacial score (nSPS) is 15.9. The first-order valence-electron chi connectivity index (χ1n) is 9.57. The molecule has 2 aromatic carbocycles. The van der Waals surface area contributed by atoms with Crippen LogP contribution in [0, 0.1) is 6.92 Å². The van der Waals surface area contributed by atoms with Crippen molar-refractivity contribution >= 4 is 29.2 Å². The molecule has 1 atom stereocenters. The van der Waals surface area contributed by atoms with E-state index in [0.717, 1.165) is 16.7 Å². The monoisotopic (exact) mass is 431 g/mol. The fourth-order valence-electron chi connectivity index (χ4n) is 3.78. The summed E-state index contributed by atoms with van der Waals surface area (Å²) in [6, 6.07) is 8.44. The van der Waals surface area contributed by atoms with Gasteiger partial charge >= 0.3 is 0 Å². The molecule has 1 aliphatic rings. The second-order valence-electron chi connectivity index (χ2n) is 7.18. The van der Waals surface area contributed by atoms with Crippen LogP contribution in [0.1, 0.15) is 29.2 Å². The maximum Gasteiger partial charge on any atom is 0.238 e. The van der Waals surface area contributed by atoms with E-state index in [9.17, 15) is 14.7 Å². The lowest BCUT2D eigenvalue weighted by Gasteiger charge is -2.37. The number of nitrogens with one attached hydrogen (secondary N) is 1. The van der Waals surface area contributed by atoms with Crippen LogP contribution in [-0.2, 0) is 16.0 Å². The number of benzene rings is 2. The third-order valence-corrected chi connectivity index (χ3v) is 5.77. The molecule has 8 heteroatoms. The zero-order valence-electron chi connectivity index (χ0n) is 17.2. The largest absolute Gasteiger partial charge is 0.550 e. The number of carboxylic acid groups (broad SMARTS) is 1. The van der Waals surface area contributed by atoms with Gasteiger partial charge in [0.15, 0.2) is 11.5 Å². The molecule has 1 amide bonds. The van der Waals surface area contributed by atoms with E-state index in [1.165, 1.54) is 7.11 Å². The zero-order valence-corrected chi connectivity index (χ0v) is 17.9. The van der Waals surface area contributed by atoms with Crippen LogP contribution in [0.4, 0.5) is 5.69 Å². The third kappa shape index (κ3) is 4.68. The number of hydrogen-bond acceptors (Lipinski definition) is 6. The van der Waals surface area contributed by atoms with E-state index in [0.29, 0.717) is 35.2 Å². The number of carboxylic acids is 1. The number of anilines is 1. The van der Waals surface area contributed by atoms with Gasteiger partial charge in [0.25, 0.3) is 0 Å².